The first-order valence-electron chi connectivity index (χ1n) is 12.7. The maximum Gasteiger partial charge on any atom is 0.269 e. The number of para-hydroxylation sites is 1. The van der Waals surface area contributed by atoms with Gasteiger partial charge in [0.15, 0.2) is 0 Å². The number of anilines is 1. The first-order chi connectivity index (χ1) is 19.8. The largest absolute Gasteiger partial charge is 0.273 e. The van der Waals surface area contributed by atoms with E-state index in [0.29, 0.717) is 22.0 Å². The molecule has 1 fully saturated rings. The van der Waals surface area contributed by atoms with E-state index in [1.807, 2.05) is 67.1 Å². The molecule has 3 heterocycles. The summed E-state index contributed by atoms with van der Waals surface area (Å²) >= 11 is 7.54. The number of non-ortho nitro benzene ring substituents is 1. The van der Waals surface area contributed by atoms with E-state index >= 15 is 0 Å². The number of nitro groups is 1. The number of hydrogen-bond donors (Lipinski definition) is 0. The van der Waals surface area contributed by atoms with Gasteiger partial charge in [0.2, 0.25) is 11.9 Å². The summed E-state index contributed by atoms with van der Waals surface area (Å²) in [5, 5.41) is 16.3. The molecule has 9 nitrogen and oxygen atoms in total. The second-order valence-corrected chi connectivity index (χ2v) is 11.0. The van der Waals surface area contributed by atoms with Crippen molar-refractivity contribution in [2.24, 2.45) is 0 Å². The summed E-state index contributed by atoms with van der Waals surface area (Å²) in [5.74, 6) is 0.227. The highest BCUT2D eigenvalue weighted by Gasteiger charge is 2.37. The molecule has 0 saturated carbocycles. The average molecular weight is 583 g/mol. The van der Waals surface area contributed by atoms with Crippen LogP contribution in [-0.2, 0) is 4.79 Å². The minimum Gasteiger partial charge on any atom is -0.273 e. The number of rotatable bonds is 6. The summed E-state index contributed by atoms with van der Waals surface area (Å²) in [7, 11) is 0. The van der Waals surface area contributed by atoms with Crippen molar-refractivity contribution in [3.05, 3.63) is 117 Å². The lowest BCUT2D eigenvalue weighted by atomic mass is 10.1. The molecule has 11 heteroatoms. The van der Waals surface area contributed by atoms with Crippen LogP contribution in [0.15, 0.2) is 84.9 Å². The Hall–Kier alpha value is -4.54. The maximum atomic E-state index is 13.3. The second-order valence-electron chi connectivity index (χ2n) is 9.52. The minimum atomic E-state index is -0.523. The molecule has 1 saturated heterocycles. The zero-order chi connectivity index (χ0) is 28.7. The van der Waals surface area contributed by atoms with Gasteiger partial charge in [-0.3, -0.25) is 19.8 Å². The molecule has 204 valence electrons. The number of halogens is 1. The number of amides is 1. The second kappa shape index (κ2) is 10.8. The summed E-state index contributed by atoms with van der Waals surface area (Å²) in [6.07, 6.45) is 0. The molecule has 1 atom stereocenters. The zero-order valence-electron chi connectivity index (χ0n) is 22.1. The highest BCUT2D eigenvalue weighted by atomic mass is 35.5. The van der Waals surface area contributed by atoms with Gasteiger partial charge < -0.3 is 0 Å². The van der Waals surface area contributed by atoms with Crippen LogP contribution in [0.2, 0.25) is 5.02 Å². The first-order valence-corrected chi connectivity index (χ1v) is 14.2. The molecule has 0 aliphatic carbocycles. The van der Waals surface area contributed by atoms with E-state index < -0.39 is 10.3 Å². The molecule has 0 radical (unpaired) electrons. The molecule has 0 N–H and O–H groups in total. The summed E-state index contributed by atoms with van der Waals surface area (Å²) in [4.78, 5) is 35.6. The smallest absolute Gasteiger partial charge is 0.269 e. The number of hydrogen-bond acceptors (Lipinski definition) is 7. The standard InChI is InChI=1S/C30H23ClN6O3S/c1-18-28(19(2)36(34-18)23-8-4-3-5-9-23)26-16-25(20-11-13-22(31)14-12-20)32-30(33-26)35-27(38)17-41-29(35)21-7-6-10-24(15-21)37(39)40/h3-16,29H,17H2,1-2H3. The van der Waals surface area contributed by atoms with Crippen LogP contribution in [0, 0.1) is 24.0 Å². The third-order valence-electron chi connectivity index (χ3n) is 6.85. The van der Waals surface area contributed by atoms with Crippen LogP contribution in [-0.4, -0.2) is 36.3 Å². The average Bonchev–Trinajstić information content (AvgIpc) is 3.52. The van der Waals surface area contributed by atoms with Crippen LogP contribution in [0.4, 0.5) is 11.6 Å². The Morgan fingerprint density at radius 2 is 1.68 bits per heavy atom. The Bertz CT molecular complexity index is 1790. The van der Waals surface area contributed by atoms with Crippen molar-refractivity contribution >= 4 is 40.9 Å². The Morgan fingerprint density at radius 3 is 2.41 bits per heavy atom. The molecule has 0 spiro atoms. The summed E-state index contributed by atoms with van der Waals surface area (Å²) < 4.78 is 1.87. The number of carbonyl (C=O) groups is 1. The fourth-order valence-corrected chi connectivity index (χ4v) is 6.22. The van der Waals surface area contributed by atoms with Gasteiger partial charge in [-0.1, -0.05) is 54.1 Å². The fraction of sp³-hybridized carbons (Fsp3) is 0.133. The number of thioether (sulfide) groups is 1. The third-order valence-corrected chi connectivity index (χ3v) is 8.32. The maximum absolute atomic E-state index is 13.3. The number of aryl methyl sites for hydroxylation is 1. The lowest BCUT2D eigenvalue weighted by Crippen LogP contribution is -2.30. The van der Waals surface area contributed by atoms with E-state index in [1.165, 1.54) is 28.8 Å². The van der Waals surface area contributed by atoms with Gasteiger partial charge in [-0.05, 0) is 49.7 Å². The van der Waals surface area contributed by atoms with Gasteiger partial charge in [-0.2, -0.15) is 5.10 Å². The minimum absolute atomic E-state index is 0.0431. The first kappa shape index (κ1) is 26.7. The molecule has 1 unspecified atom stereocenters. The molecular formula is C30H23ClN6O3S. The normalized spacial score (nSPS) is 15.0. The molecule has 5 aromatic rings. The Morgan fingerprint density at radius 1 is 0.951 bits per heavy atom. The lowest BCUT2D eigenvalue weighted by Gasteiger charge is -2.23. The molecular weight excluding hydrogens is 560 g/mol. The van der Waals surface area contributed by atoms with Crippen LogP contribution in [0.3, 0.4) is 0 Å². The highest BCUT2D eigenvalue weighted by molar-refractivity contribution is 8.00. The number of benzene rings is 3. The number of aromatic nitrogens is 4. The van der Waals surface area contributed by atoms with Crippen LogP contribution in [0.25, 0.3) is 28.2 Å². The van der Waals surface area contributed by atoms with Crippen LogP contribution in [0.1, 0.15) is 22.3 Å². The van der Waals surface area contributed by atoms with Crippen molar-refractivity contribution in [1.82, 2.24) is 19.7 Å². The number of carbonyl (C=O) groups excluding carboxylic acids is 1. The van der Waals surface area contributed by atoms with Gasteiger partial charge in [-0.25, -0.2) is 14.6 Å². The van der Waals surface area contributed by atoms with Crippen LogP contribution >= 0.6 is 23.4 Å². The molecule has 6 rings (SSSR count). The lowest BCUT2D eigenvalue weighted by molar-refractivity contribution is -0.384. The van der Waals surface area contributed by atoms with Crippen molar-refractivity contribution in [2.45, 2.75) is 19.2 Å². The van der Waals surface area contributed by atoms with Crippen LogP contribution in [0.5, 0.6) is 0 Å². The SMILES string of the molecule is Cc1nn(-c2ccccc2)c(C)c1-c1cc(-c2ccc(Cl)cc2)nc(N2C(=O)CSC2c2cccc([N+](=O)[O-])c2)n1. The van der Waals surface area contributed by atoms with Crippen molar-refractivity contribution in [2.75, 3.05) is 10.7 Å². The fourth-order valence-electron chi connectivity index (χ4n) is 4.95. The van der Waals surface area contributed by atoms with E-state index in [-0.39, 0.29) is 23.3 Å². The summed E-state index contributed by atoms with van der Waals surface area (Å²) in [5.41, 5.74) is 6.02. The molecule has 1 aliphatic heterocycles. The van der Waals surface area contributed by atoms with Gasteiger partial charge >= 0.3 is 0 Å². The van der Waals surface area contributed by atoms with Crippen molar-refractivity contribution < 1.29 is 9.72 Å². The molecule has 3 aromatic carbocycles. The van der Waals surface area contributed by atoms with Gasteiger partial charge in [0, 0.05) is 28.3 Å². The predicted octanol–water partition coefficient (Wildman–Crippen LogP) is 6.95. The van der Waals surface area contributed by atoms with Gasteiger partial charge in [0.25, 0.3) is 5.69 Å². The summed E-state index contributed by atoms with van der Waals surface area (Å²) in [6, 6.07) is 25.3. The topological polar surface area (TPSA) is 107 Å². The zero-order valence-corrected chi connectivity index (χ0v) is 23.6. The van der Waals surface area contributed by atoms with Crippen molar-refractivity contribution in [1.29, 1.82) is 0 Å². The van der Waals surface area contributed by atoms with E-state index in [9.17, 15) is 14.9 Å². The van der Waals surface area contributed by atoms with E-state index in [4.69, 9.17) is 26.7 Å². The molecule has 2 aromatic heterocycles. The van der Waals surface area contributed by atoms with E-state index in [1.54, 1.807) is 24.3 Å². The Kier molecular flexibility index (Phi) is 7.02. The van der Waals surface area contributed by atoms with Gasteiger partial charge in [0.1, 0.15) is 5.37 Å². The van der Waals surface area contributed by atoms with Gasteiger partial charge in [0.05, 0.1) is 39.1 Å². The summed E-state index contributed by atoms with van der Waals surface area (Å²) in [6.45, 7) is 3.91. The van der Waals surface area contributed by atoms with E-state index in [0.717, 1.165) is 28.2 Å². The third kappa shape index (κ3) is 5.07. The number of nitro benzene ring substituents is 1. The van der Waals surface area contributed by atoms with Crippen molar-refractivity contribution in [3.8, 4) is 28.2 Å². The monoisotopic (exact) mass is 582 g/mol. The molecule has 1 aliphatic rings. The molecule has 1 amide bonds. The van der Waals surface area contributed by atoms with Gasteiger partial charge in [-0.15, -0.1) is 11.8 Å². The predicted molar refractivity (Wildman–Crippen MR) is 160 cm³/mol. The number of nitrogens with zero attached hydrogens (tertiary/aromatic N) is 6. The Labute approximate surface area is 245 Å². The van der Waals surface area contributed by atoms with Crippen LogP contribution < -0.4 is 4.90 Å². The molecule has 41 heavy (non-hydrogen) atoms. The quantitative estimate of drug-likeness (QED) is 0.157. The van der Waals surface area contributed by atoms with E-state index in [2.05, 4.69) is 0 Å². The molecule has 0 bridgehead atoms. The highest BCUT2D eigenvalue weighted by Crippen LogP contribution is 2.42. The Balaban J connectivity index is 1.52. The van der Waals surface area contributed by atoms with Crippen molar-refractivity contribution in [3.63, 3.8) is 0 Å².